The molecule has 0 unspecified atom stereocenters. The lowest BCUT2D eigenvalue weighted by atomic mass is 10.0. The fraction of sp³-hybridized carbons (Fsp3) is 0.417. The van der Waals surface area contributed by atoms with Crippen LogP contribution in [0.4, 0.5) is 0 Å². The highest BCUT2D eigenvalue weighted by atomic mass is 15.1. The zero-order chi connectivity index (χ0) is 9.97. The Kier molecular flexibility index (Phi) is 2.53. The molecule has 0 aromatic heterocycles. The number of nitrogens with zero attached hydrogens (tertiary/aromatic N) is 1. The Labute approximate surface area is 85.1 Å². The lowest BCUT2D eigenvalue weighted by Gasteiger charge is -2.07. The molecule has 0 atom stereocenters. The SMILES string of the molecule is Cc1ccc(C)c(CC2=NCCN2)c1. The summed E-state index contributed by atoms with van der Waals surface area (Å²) in [5, 5.41) is 3.30. The fourth-order valence-corrected chi connectivity index (χ4v) is 1.74. The van der Waals surface area contributed by atoms with Crippen LogP contribution in [0.5, 0.6) is 0 Å². The molecular formula is C12H16N2. The van der Waals surface area contributed by atoms with Gasteiger partial charge in [-0.1, -0.05) is 23.8 Å². The van der Waals surface area contributed by atoms with Crippen molar-refractivity contribution in [3.63, 3.8) is 0 Å². The number of hydrogen-bond donors (Lipinski definition) is 1. The Bertz CT molecular complexity index is 367. The lowest BCUT2D eigenvalue weighted by Crippen LogP contribution is -2.20. The van der Waals surface area contributed by atoms with Crippen molar-refractivity contribution in [2.75, 3.05) is 13.1 Å². The molecule has 1 aromatic carbocycles. The van der Waals surface area contributed by atoms with Gasteiger partial charge in [0.25, 0.3) is 0 Å². The van der Waals surface area contributed by atoms with Crippen molar-refractivity contribution in [1.29, 1.82) is 0 Å². The average Bonchev–Trinajstić information content (AvgIpc) is 2.64. The molecule has 1 aromatic rings. The predicted molar refractivity (Wildman–Crippen MR) is 59.9 cm³/mol. The van der Waals surface area contributed by atoms with Crippen molar-refractivity contribution >= 4 is 5.84 Å². The molecule has 2 rings (SSSR count). The van der Waals surface area contributed by atoms with Gasteiger partial charge in [0.15, 0.2) is 0 Å². The molecule has 0 amide bonds. The Morgan fingerprint density at radius 2 is 2.21 bits per heavy atom. The van der Waals surface area contributed by atoms with Crippen LogP contribution in [0.15, 0.2) is 23.2 Å². The van der Waals surface area contributed by atoms with Crippen molar-refractivity contribution in [1.82, 2.24) is 5.32 Å². The summed E-state index contributed by atoms with van der Waals surface area (Å²) >= 11 is 0. The van der Waals surface area contributed by atoms with E-state index in [1.165, 1.54) is 16.7 Å². The Morgan fingerprint density at radius 1 is 1.36 bits per heavy atom. The van der Waals surface area contributed by atoms with Gasteiger partial charge in [0.2, 0.25) is 0 Å². The number of hydrogen-bond acceptors (Lipinski definition) is 2. The van der Waals surface area contributed by atoms with E-state index in [4.69, 9.17) is 0 Å². The minimum absolute atomic E-state index is 0.931. The van der Waals surface area contributed by atoms with E-state index in [9.17, 15) is 0 Å². The van der Waals surface area contributed by atoms with E-state index in [1.807, 2.05) is 0 Å². The maximum absolute atomic E-state index is 4.41. The van der Waals surface area contributed by atoms with Crippen molar-refractivity contribution < 1.29 is 0 Å². The molecule has 0 fully saturated rings. The number of benzene rings is 1. The monoisotopic (exact) mass is 188 g/mol. The van der Waals surface area contributed by atoms with E-state index in [2.05, 4.69) is 42.4 Å². The summed E-state index contributed by atoms with van der Waals surface area (Å²) in [7, 11) is 0. The van der Waals surface area contributed by atoms with Crippen molar-refractivity contribution in [2.45, 2.75) is 20.3 Å². The van der Waals surface area contributed by atoms with Gasteiger partial charge in [-0.3, -0.25) is 4.99 Å². The molecule has 0 spiro atoms. The van der Waals surface area contributed by atoms with Crippen LogP contribution in [0.25, 0.3) is 0 Å². The van der Waals surface area contributed by atoms with Gasteiger partial charge < -0.3 is 5.32 Å². The van der Waals surface area contributed by atoms with Gasteiger partial charge >= 0.3 is 0 Å². The van der Waals surface area contributed by atoms with Gasteiger partial charge in [-0.05, 0) is 25.0 Å². The quantitative estimate of drug-likeness (QED) is 0.752. The normalized spacial score (nSPS) is 15.1. The van der Waals surface area contributed by atoms with E-state index in [0.717, 1.165) is 25.3 Å². The van der Waals surface area contributed by atoms with Crippen LogP contribution < -0.4 is 5.32 Å². The molecule has 0 saturated heterocycles. The Morgan fingerprint density at radius 3 is 2.93 bits per heavy atom. The summed E-state index contributed by atoms with van der Waals surface area (Å²) < 4.78 is 0. The molecule has 2 nitrogen and oxygen atoms in total. The number of aliphatic imine (C=N–C) groups is 1. The summed E-state index contributed by atoms with van der Waals surface area (Å²) in [6.07, 6.45) is 0.952. The third-order valence-electron chi connectivity index (χ3n) is 2.61. The highest BCUT2D eigenvalue weighted by Gasteiger charge is 2.07. The molecular weight excluding hydrogens is 172 g/mol. The van der Waals surface area contributed by atoms with Crippen LogP contribution in [0, 0.1) is 13.8 Å². The topological polar surface area (TPSA) is 24.4 Å². The number of aryl methyl sites for hydroxylation is 2. The van der Waals surface area contributed by atoms with Gasteiger partial charge in [0, 0.05) is 13.0 Å². The van der Waals surface area contributed by atoms with Gasteiger partial charge in [0.1, 0.15) is 5.84 Å². The first-order chi connectivity index (χ1) is 6.75. The molecule has 0 bridgehead atoms. The highest BCUT2D eigenvalue weighted by molar-refractivity contribution is 5.85. The maximum Gasteiger partial charge on any atom is 0.101 e. The summed E-state index contributed by atoms with van der Waals surface area (Å²) in [6.45, 7) is 6.22. The van der Waals surface area contributed by atoms with E-state index in [1.54, 1.807) is 0 Å². The van der Waals surface area contributed by atoms with E-state index in [0.29, 0.717) is 0 Å². The highest BCUT2D eigenvalue weighted by Crippen LogP contribution is 2.12. The van der Waals surface area contributed by atoms with Gasteiger partial charge in [-0.15, -0.1) is 0 Å². The number of rotatable bonds is 2. The van der Waals surface area contributed by atoms with Gasteiger partial charge in [-0.2, -0.15) is 0 Å². The van der Waals surface area contributed by atoms with Crippen LogP contribution in [-0.2, 0) is 6.42 Å². The van der Waals surface area contributed by atoms with Crippen LogP contribution >= 0.6 is 0 Å². The largest absolute Gasteiger partial charge is 0.372 e. The second kappa shape index (κ2) is 3.82. The van der Waals surface area contributed by atoms with Crippen molar-refractivity contribution in [3.05, 3.63) is 34.9 Å². The second-order valence-corrected chi connectivity index (χ2v) is 3.86. The predicted octanol–water partition coefficient (Wildman–Crippen LogP) is 1.85. The average molecular weight is 188 g/mol. The standard InChI is InChI=1S/C12H16N2/c1-9-3-4-10(2)11(7-9)8-12-13-5-6-14-12/h3-4,7H,5-6,8H2,1-2H3,(H,13,14). The van der Waals surface area contributed by atoms with Gasteiger partial charge in [0.05, 0.1) is 6.54 Å². The molecule has 14 heavy (non-hydrogen) atoms. The molecule has 0 aliphatic carbocycles. The van der Waals surface area contributed by atoms with E-state index < -0.39 is 0 Å². The van der Waals surface area contributed by atoms with Gasteiger partial charge in [-0.25, -0.2) is 0 Å². The molecule has 2 heteroatoms. The zero-order valence-electron chi connectivity index (χ0n) is 8.80. The summed E-state index contributed by atoms with van der Waals surface area (Å²) in [4.78, 5) is 4.41. The first kappa shape index (κ1) is 9.25. The summed E-state index contributed by atoms with van der Waals surface area (Å²) in [6, 6.07) is 6.58. The molecule has 0 radical (unpaired) electrons. The minimum atomic E-state index is 0.931. The molecule has 1 heterocycles. The molecule has 0 saturated carbocycles. The number of nitrogens with one attached hydrogen (secondary N) is 1. The van der Waals surface area contributed by atoms with Crippen LogP contribution in [0.3, 0.4) is 0 Å². The Balaban J connectivity index is 2.19. The second-order valence-electron chi connectivity index (χ2n) is 3.86. The molecule has 1 N–H and O–H groups in total. The first-order valence-corrected chi connectivity index (χ1v) is 5.09. The molecule has 74 valence electrons. The first-order valence-electron chi connectivity index (χ1n) is 5.09. The lowest BCUT2D eigenvalue weighted by molar-refractivity contribution is 0.952. The van der Waals surface area contributed by atoms with E-state index >= 15 is 0 Å². The zero-order valence-corrected chi connectivity index (χ0v) is 8.80. The third kappa shape index (κ3) is 1.95. The van der Waals surface area contributed by atoms with Crippen LogP contribution in [-0.4, -0.2) is 18.9 Å². The van der Waals surface area contributed by atoms with Crippen LogP contribution in [0.2, 0.25) is 0 Å². The Hall–Kier alpha value is -1.31. The summed E-state index contributed by atoms with van der Waals surface area (Å²) in [5.74, 6) is 1.14. The molecule has 1 aliphatic rings. The van der Waals surface area contributed by atoms with Crippen molar-refractivity contribution in [2.24, 2.45) is 4.99 Å². The van der Waals surface area contributed by atoms with E-state index in [-0.39, 0.29) is 0 Å². The maximum atomic E-state index is 4.41. The number of amidine groups is 1. The fourth-order valence-electron chi connectivity index (χ4n) is 1.74. The van der Waals surface area contributed by atoms with Crippen molar-refractivity contribution in [3.8, 4) is 0 Å². The van der Waals surface area contributed by atoms with Crippen LogP contribution in [0.1, 0.15) is 16.7 Å². The molecule has 1 aliphatic heterocycles. The smallest absolute Gasteiger partial charge is 0.101 e. The summed E-state index contributed by atoms with van der Waals surface area (Å²) in [5.41, 5.74) is 4.06. The third-order valence-corrected chi connectivity index (χ3v) is 2.61. The minimum Gasteiger partial charge on any atom is -0.372 e.